The van der Waals surface area contributed by atoms with E-state index in [-0.39, 0.29) is 5.88 Å². The minimum absolute atomic E-state index is 0.237. The third-order valence-electron chi connectivity index (χ3n) is 2.75. The molecule has 0 bridgehead atoms. The summed E-state index contributed by atoms with van der Waals surface area (Å²) in [4.78, 5) is 12.4. The Balaban J connectivity index is 2.45. The minimum atomic E-state index is -0.473. The Morgan fingerprint density at radius 3 is 1.95 bits per heavy atom. The first-order valence-corrected chi connectivity index (χ1v) is 10.3. The van der Waals surface area contributed by atoms with Gasteiger partial charge in [0.2, 0.25) is 0 Å². The molecule has 8 heteroatoms. The monoisotopic (exact) mass is 636 g/mol. The van der Waals surface area contributed by atoms with Crippen LogP contribution in [-0.4, -0.2) is 5.97 Å². The van der Waals surface area contributed by atoms with Crippen molar-refractivity contribution in [3.8, 4) is 5.75 Å². The fourth-order valence-corrected chi connectivity index (χ4v) is 5.06. The largest absolute Gasteiger partial charge is 0.420 e. The molecule has 0 aliphatic heterocycles. The molecule has 0 unspecified atom stereocenters. The normalized spacial score (nSPS) is 10.6. The van der Waals surface area contributed by atoms with Gasteiger partial charge in [0.05, 0.1) is 23.5 Å². The van der Waals surface area contributed by atoms with Crippen molar-refractivity contribution in [2.75, 3.05) is 0 Å². The lowest BCUT2D eigenvalue weighted by molar-refractivity contribution is 0.0731. The molecule has 2 aromatic carbocycles. The van der Waals surface area contributed by atoms with Crippen LogP contribution in [0.25, 0.3) is 0 Å². The number of hydrogen-bond acceptors (Lipinski definition) is 2. The predicted octanol–water partition coefficient (Wildman–Crippen LogP) is 7.46. The van der Waals surface area contributed by atoms with Gasteiger partial charge in [0, 0.05) is 10.4 Å². The second kappa shape index (κ2) is 8.12. The van der Waals surface area contributed by atoms with Gasteiger partial charge >= 0.3 is 5.97 Å². The fourth-order valence-electron chi connectivity index (χ4n) is 1.66. The molecule has 0 radical (unpaired) electrons. The molecule has 0 fully saturated rings. The van der Waals surface area contributed by atoms with Gasteiger partial charge < -0.3 is 4.74 Å². The molecule has 2 aromatic rings. The molecule has 0 amide bonds. The van der Waals surface area contributed by atoms with Crippen LogP contribution in [0.5, 0.6) is 5.75 Å². The van der Waals surface area contributed by atoms with E-state index in [1.807, 2.05) is 6.07 Å². The maximum atomic E-state index is 12.4. The van der Waals surface area contributed by atoms with Crippen LogP contribution in [-0.2, 0) is 5.88 Å². The van der Waals surface area contributed by atoms with E-state index in [1.165, 1.54) is 0 Å². The van der Waals surface area contributed by atoms with Gasteiger partial charge in [0.25, 0.3) is 0 Å². The summed E-state index contributed by atoms with van der Waals surface area (Å²) in [7, 11) is 0. The van der Waals surface area contributed by atoms with Crippen LogP contribution in [0.2, 0.25) is 0 Å². The van der Waals surface area contributed by atoms with Crippen LogP contribution in [0.15, 0.2) is 46.6 Å². The molecule has 2 nitrogen and oxygen atoms in total. The smallest absolute Gasteiger partial charge is 0.343 e. The molecular formula is C14H6Br5ClO2. The first-order chi connectivity index (χ1) is 10.4. The van der Waals surface area contributed by atoms with Crippen LogP contribution in [0, 0.1) is 0 Å². The van der Waals surface area contributed by atoms with Gasteiger partial charge in [-0.05, 0) is 91.3 Å². The second-order valence-corrected chi connectivity index (χ2v) is 8.31. The summed E-state index contributed by atoms with van der Waals surface area (Å²) in [5, 5.41) is 0. The van der Waals surface area contributed by atoms with E-state index in [1.54, 1.807) is 18.2 Å². The summed E-state index contributed by atoms with van der Waals surface area (Å²) < 4.78 is 9.05. The van der Waals surface area contributed by atoms with Crippen LogP contribution < -0.4 is 4.74 Å². The Labute approximate surface area is 174 Å². The molecule has 0 atom stereocenters. The Bertz CT molecular complexity index is 719. The number of alkyl halides is 1. The van der Waals surface area contributed by atoms with E-state index < -0.39 is 5.97 Å². The lowest BCUT2D eigenvalue weighted by atomic mass is 10.1. The highest BCUT2D eigenvalue weighted by Gasteiger charge is 2.22. The number of benzene rings is 2. The lowest BCUT2D eigenvalue weighted by Crippen LogP contribution is -2.12. The van der Waals surface area contributed by atoms with Crippen molar-refractivity contribution in [1.82, 2.24) is 0 Å². The summed E-state index contributed by atoms with van der Waals surface area (Å²) >= 11 is 23.0. The average molecular weight is 641 g/mol. The first kappa shape index (κ1) is 18.9. The molecule has 116 valence electrons. The maximum Gasteiger partial charge on any atom is 0.343 e. The molecule has 0 aliphatic rings. The number of ether oxygens (including phenoxy) is 1. The van der Waals surface area contributed by atoms with Crippen LogP contribution in [0.4, 0.5) is 0 Å². The molecule has 2 rings (SSSR count). The van der Waals surface area contributed by atoms with Crippen molar-refractivity contribution in [2.24, 2.45) is 0 Å². The van der Waals surface area contributed by atoms with Crippen molar-refractivity contribution >= 4 is 97.2 Å². The van der Waals surface area contributed by atoms with Crippen LogP contribution >= 0.6 is 91.3 Å². The van der Waals surface area contributed by atoms with Crippen LogP contribution in [0.1, 0.15) is 15.9 Å². The highest BCUT2D eigenvalue weighted by molar-refractivity contribution is 9.15. The number of halogens is 6. The van der Waals surface area contributed by atoms with Crippen molar-refractivity contribution in [2.45, 2.75) is 5.88 Å². The van der Waals surface area contributed by atoms with Gasteiger partial charge in [-0.1, -0.05) is 18.2 Å². The first-order valence-electron chi connectivity index (χ1n) is 5.76. The Morgan fingerprint density at radius 2 is 1.41 bits per heavy atom. The molecule has 0 heterocycles. The average Bonchev–Trinajstić information content (AvgIpc) is 2.54. The lowest BCUT2D eigenvalue weighted by Gasteiger charge is -2.14. The van der Waals surface area contributed by atoms with E-state index in [0.717, 1.165) is 19.0 Å². The molecule has 0 N–H and O–H groups in total. The molecular weight excluding hydrogens is 635 g/mol. The number of hydrogen-bond donors (Lipinski definition) is 0. The van der Waals surface area contributed by atoms with Crippen molar-refractivity contribution in [1.29, 1.82) is 0 Å². The van der Waals surface area contributed by atoms with Gasteiger partial charge in [-0.2, -0.15) is 0 Å². The topological polar surface area (TPSA) is 26.3 Å². The summed E-state index contributed by atoms with van der Waals surface area (Å²) in [5.41, 5.74) is 1.16. The molecule has 22 heavy (non-hydrogen) atoms. The number of carbonyl (C=O) groups excluding carboxylic acids is 1. The van der Waals surface area contributed by atoms with Crippen molar-refractivity contribution in [3.63, 3.8) is 0 Å². The summed E-state index contributed by atoms with van der Waals surface area (Å²) in [6.07, 6.45) is 0. The zero-order valence-electron chi connectivity index (χ0n) is 10.6. The Morgan fingerprint density at radius 1 is 0.909 bits per heavy atom. The maximum absolute atomic E-state index is 12.4. The number of carbonyl (C=O) groups is 1. The molecule has 0 aromatic heterocycles. The van der Waals surface area contributed by atoms with Gasteiger partial charge in [0.15, 0.2) is 5.75 Å². The highest BCUT2D eigenvalue weighted by atomic mass is 79.9. The molecule has 0 saturated carbocycles. The summed E-state index contributed by atoms with van der Waals surface area (Å²) in [6, 6.07) is 7.07. The van der Waals surface area contributed by atoms with Gasteiger partial charge in [-0.25, -0.2) is 4.79 Å². The van der Waals surface area contributed by atoms with E-state index >= 15 is 0 Å². The minimum Gasteiger partial charge on any atom is -0.420 e. The quantitative estimate of drug-likeness (QED) is 0.115. The van der Waals surface area contributed by atoms with Gasteiger partial charge in [0.1, 0.15) is 0 Å². The summed E-state index contributed by atoms with van der Waals surface area (Å²) in [5.74, 6) is 0.136. The van der Waals surface area contributed by atoms with Gasteiger partial charge in [-0.3, -0.25) is 0 Å². The zero-order valence-corrected chi connectivity index (χ0v) is 19.3. The summed E-state index contributed by atoms with van der Waals surface area (Å²) in [6.45, 7) is 0. The zero-order chi connectivity index (χ0) is 16.4. The SMILES string of the molecule is O=C(Oc1c(Br)c(Br)c(Br)c(Br)c1Br)c1ccccc1CCl. The molecule has 0 aliphatic carbocycles. The van der Waals surface area contributed by atoms with Crippen molar-refractivity contribution in [3.05, 3.63) is 57.8 Å². The molecule has 0 spiro atoms. The molecule has 0 saturated heterocycles. The number of esters is 1. The van der Waals surface area contributed by atoms with Crippen LogP contribution in [0.3, 0.4) is 0 Å². The third kappa shape index (κ3) is 3.81. The second-order valence-electron chi connectivity index (χ2n) is 4.08. The third-order valence-corrected chi connectivity index (χ3v) is 9.05. The van der Waals surface area contributed by atoms with Crippen molar-refractivity contribution < 1.29 is 9.53 Å². The van der Waals surface area contributed by atoms with E-state index in [9.17, 15) is 4.79 Å². The Hall–Kier alpha value is 0.600. The number of rotatable bonds is 3. The van der Waals surface area contributed by atoms with Gasteiger partial charge in [-0.15, -0.1) is 11.6 Å². The highest BCUT2D eigenvalue weighted by Crippen LogP contribution is 2.48. The van der Waals surface area contributed by atoms with E-state index in [2.05, 4.69) is 79.6 Å². The predicted molar refractivity (Wildman–Crippen MR) is 106 cm³/mol. The Kier molecular flexibility index (Phi) is 6.99. The van der Waals surface area contributed by atoms with E-state index in [4.69, 9.17) is 16.3 Å². The van der Waals surface area contributed by atoms with E-state index in [0.29, 0.717) is 20.3 Å². The standard InChI is InChI=1S/C14H6Br5ClO2/c15-8-9(16)11(18)13(12(19)10(8)17)22-14(21)7-4-2-1-3-6(7)5-20/h1-4H,5H2. The fraction of sp³-hybridized carbons (Fsp3) is 0.0714.